The molecular weight excluding hydrogens is 206 g/mol. The van der Waals surface area contributed by atoms with Crippen LogP contribution in [0.3, 0.4) is 0 Å². The Morgan fingerprint density at radius 3 is 2.94 bits per heavy atom. The van der Waals surface area contributed by atoms with Gasteiger partial charge in [-0.05, 0) is 24.6 Å². The lowest BCUT2D eigenvalue weighted by Crippen LogP contribution is -2.27. The van der Waals surface area contributed by atoms with Crippen molar-refractivity contribution in [2.24, 2.45) is 0 Å². The van der Waals surface area contributed by atoms with Gasteiger partial charge in [0.25, 0.3) is 5.91 Å². The van der Waals surface area contributed by atoms with E-state index in [1.165, 1.54) is 0 Å². The first-order chi connectivity index (χ1) is 7.65. The van der Waals surface area contributed by atoms with Crippen LogP contribution in [0.15, 0.2) is 24.3 Å². The summed E-state index contributed by atoms with van der Waals surface area (Å²) in [4.78, 5) is 22.5. The van der Waals surface area contributed by atoms with Gasteiger partial charge in [-0.3, -0.25) is 9.59 Å². The van der Waals surface area contributed by atoms with Crippen molar-refractivity contribution in [1.29, 1.82) is 0 Å². The lowest BCUT2D eigenvalue weighted by Gasteiger charge is -2.10. The summed E-state index contributed by atoms with van der Waals surface area (Å²) in [7, 11) is 0. The topological polar surface area (TPSA) is 55.4 Å². The van der Waals surface area contributed by atoms with E-state index in [9.17, 15) is 9.59 Å². The number of carbonyl (C=O) groups is 2. The van der Waals surface area contributed by atoms with E-state index < -0.39 is 6.10 Å². The number of hydrogen-bond acceptors (Lipinski definition) is 3. The predicted octanol–water partition coefficient (Wildman–Crippen LogP) is 1.64. The highest BCUT2D eigenvalue weighted by Crippen LogP contribution is 2.16. The van der Waals surface area contributed by atoms with Crippen LogP contribution in [0.1, 0.15) is 18.4 Å². The first-order valence-corrected chi connectivity index (χ1v) is 5.22. The second-order valence-electron chi connectivity index (χ2n) is 3.88. The number of benzene rings is 1. The highest BCUT2D eigenvalue weighted by atomic mass is 16.6. The zero-order valence-electron chi connectivity index (χ0n) is 9.03. The number of anilines is 1. The highest BCUT2D eigenvalue weighted by molar-refractivity contribution is 5.96. The van der Waals surface area contributed by atoms with Crippen molar-refractivity contribution in [2.45, 2.75) is 25.9 Å². The van der Waals surface area contributed by atoms with Crippen molar-refractivity contribution in [3.63, 3.8) is 0 Å². The molecule has 4 heteroatoms. The molecule has 0 spiro atoms. The first kappa shape index (κ1) is 10.7. The van der Waals surface area contributed by atoms with Gasteiger partial charge < -0.3 is 10.1 Å². The third-order valence-corrected chi connectivity index (χ3v) is 2.46. The minimum absolute atomic E-state index is 0.253. The summed E-state index contributed by atoms with van der Waals surface area (Å²) in [5, 5.41) is 2.73. The number of amides is 1. The summed E-state index contributed by atoms with van der Waals surface area (Å²) >= 11 is 0. The van der Waals surface area contributed by atoms with E-state index in [4.69, 9.17) is 4.74 Å². The van der Waals surface area contributed by atoms with Gasteiger partial charge in [0.1, 0.15) is 0 Å². The first-order valence-electron chi connectivity index (χ1n) is 5.22. The minimum atomic E-state index is -0.631. The molecule has 1 unspecified atom stereocenters. The summed E-state index contributed by atoms with van der Waals surface area (Å²) in [6.45, 7) is 1.95. The quantitative estimate of drug-likeness (QED) is 0.769. The van der Waals surface area contributed by atoms with Crippen LogP contribution in [0.2, 0.25) is 0 Å². The molecule has 0 aromatic heterocycles. The molecule has 1 N–H and O–H groups in total. The molecule has 0 radical (unpaired) electrons. The SMILES string of the molecule is Cc1cccc(NC(=O)C2CCC(=O)O2)c1. The fraction of sp³-hybridized carbons (Fsp3) is 0.333. The normalized spacial score (nSPS) is 19.3. The Hall–Kier alpha value is -1.84. The third-order valence-electron chi connectivity index (χ3n) is 2.46. The Morgan fingerprint density at radius 2 is 2.31 bits per heavy atom. The molecule has 1 heterocycles. The van der Waals surface area contributed by atoms with Crippen LogP contribution in [0.4, 0.5) is 5.69 Å². The molecule has 1 amide bonds. The van der Waals surface area contributed by atoms with E-state index >= 15 is 0 Å². The average Bonchev–Trinajstić information content (AvgIpc) is 2.65. The molecule has 4 nitrogen and oxygen atoms in total. The molecule has 1 aromatic rings. The summed E-state index contributed by atoms with van der Waals surface area (Å²) in [5.74, 6) is -0.555. The number of cyclic esters (lactones) is 1. The fourth-order valence-electron chi connectivity index (χ4n) is 1.66. The van der Waals surface area contributed by atoms with Crippen LogP contribution < -0.4 is 5.32 Å². The Bertz CT molecular complexity index is 428. The Morgan fingerprint density at radius 1 is 1.50 bits per heavy atom. The van der Waals surface area contributed by atoms with Gasteiger partial charge in [0.15, 0.2) is 6.10 Å². The van der Waals surface area contributed by atoms with Crippen molar-refractivity contribution in [1.82, 2.24) is 0 Å². The Balaban J connectivity index is 1.99. The van der Waals surface area contributed by atoms with Gasteiger partial charge >= 0.3 is 5.97 Å². The second kappa shape index (κ2) is 4.35. The van der Waals surface area contributed by atoms with Crippen LogP contribution in [-0.4, -0.2) is 18.0 Å². The maximum absolute atomic E-state index is 11.7. The minimum Gasteiger partial charge on any atom is -0.452 e. The van der Waals surface area contributed by atoms with Crippen LogP contribution in [0, 0.1) is 6.92 Å². The molecule has 1 saturated heterocycles. The Labute approximate surface area is 93.6 Å². The highest BCUT2D eigenvalue weighted by Gasteiger charge is 2.29. The lowest BCUT2D eigenvalue weighted by molar-refractivity contribution is -0.146. The Kier molecular flexibility index (Phi) is 2.90. The molecule has 0 saturated carbocycles. The standard InChI is InChI=1S/C12H13NO3/c1-8-3-2-4-9(7-8)13-12(15)10-5-6-11(14)16-10/h2-4,7,10H,5-6H2,1H3,(H,13,15). The number of rotatable bonds is 2. The van der Waals surface area contributed by atoms with E-state index in [1.807, 2.05) is 31.2 Å². The van der Waals surface area contributed by atoms with Crippen molar-refractivity contribution in [3.8, 4) is 0 Å². The average molecular weight is 219 g/mol. The lowest BCUT2D eigenvalue weighted by atomic mass is 10.2. The molecule has 1 aliphatic rings. The van der Waals surface area contributed by atoms with Crippen LogP contribution >= 0.6 is 0 Å². The van der Waals surface area contributed by atoms with E-state index in [0.29, 0.717) is 12.8 Å². The van der Waals surface area contributed by atoms with Crippen LogP contribution in [0.25, 0.3) is 0 Å². The van der Waals surface area contributed by atoms with Gasteiger partial charge in [0.05, 0.1) is 0 Å². The zero-order chi connectivity index (χ0) is 11.5. The number of nitrogens with one attached hydrogen (secondary N) is 1. The number of carbonyl (C=O) groups excluding carboxylic acids is 2. The van der Waals surface area contributed by atoms with E-state index in [0.717, 1.165) is 11.3 Å². The van der Waals surface area contributed by atoms with Crippen molar-refractivity contribution in [3.05, 3.63) is 29.8 Å². The zero-order valence-corrected chi connectivity index (χ0v) is 9.03. The number of ether oxygens (including phenoxy) is 1. The van der Waals surface area contributed by atoms with Crippen molar-refractivity contribution < 1.29 is 14.3 Å². The summed E-state index contributed by atoms with van der Waals surface area (Å²) < 4.78 is 4.87. The molecule has 0 bridgehead atoms. The number of hydrogen-bond donors (Lipinski definition) is 1. The molecule has 2 rings (SSSR count). The summed E-state index contributed by atoms with van der Waals surface area (Å²) in [6, 6.07) is 7.49. The summed E-state index contributed by atoms with van der Waals surface area (Å²) in [6.07, 6.45) is 0.163. The molecule has 1 aromatic carbocycles. The third kappa shape index (κ3) is 2.39. The van der Waals surface area contributed by atoms with Gasteiger partial charge in [-0.1, -0.05) is 12.1 Å². The van der Waals surface area contributed by atoms with Gasteiger partial charge in [0, 0.05) is 18.5 Å². The fourth-order valence-corrected chi connectivity index (χ4v) is 1.66. The van der Waals surface area contributed by atoms with Crippen molar-refractivity contribution in [2.75, 3.05) is 5.32 Å². The van der Waals surface area contributed by atoms with Crippen LogP contribution in [0.5, 0.6) is 0 Å². The van der Waals surface area contributed by atoms with Gasteiger partial charge in [0.2, 0.25) is 0 Å². The largest absolute Gasteiger partial charge is 0.452 e. The van der Waals surface area contributed by atoms with E-state index in [1.54, 1.807) is 0 Å². The second-order valence-corrected chi connectivity index (χ2v) is 3.88. The number of esters is 1. The molecule has 16 heavy (non-hydrogen) atoms. The molecule has 1 fully saturated rings. The van der Waals surface area contributed by atoms with Crippen molar-refractivity contribution >= 4 is 17.6 Å². The predicted molar refractivity (Wildman–Crippen MR) is 58.9 cm³/mol. The van der Waals surface area contributed by atoms with E-state index in [2.05, 4.69) is 5.32 Å². The van der Waals surface area contributed by atoms with Gasteiger partial charge in [-0.25, -0.2) is 0 Å². The molecule has 1 aliphatic heterocycles. The maximum atomic E-state index is 11.7. The number of aryl methyl sites for hydroxylation is 1. The van der Waals surface area contributed by atoms with Gasteiger partial charge in [-0.2, -0.15) is 0 Å². The molecule has 0 aliphatic carbocycles. The van der Waals surface area contributed by atoms with E-state index in [-0.39, 0.29) is 11.9 Å². The maximum Gasteiger partial charge on any atom is 0.306 e. The van der Waals surface area contributed by atoms with Crippen LogP contribution in [-0.2, 0) is 14.3 Å². The molecule has 84 valence electrons. The van der Waals surface area contributed by atoms with Gasteiger partial charge in [-0.15, -0.1) is 0 Å². The molecule has 1 atom stereocenters. The smallest absolute Gasteiger partial charge is 0.306 e. The summed E-state index contributed by atoms with van der Waals surface area (Å²) in [5.41, 5.74) is 1.80. The molecular formula is C12H13NO3. The monoisotopic (exact) mass is 219 g/mol.